The highest BCUT2D eigenvalue weighted by atomic mass is 79.9. The van der Waals surface area contributed by atoms with Crippen LogP contribution < -0.4 is 5.32 Å². The number of carbonyl (C=O) groups is 2. The Labute approximate surface area is 144 Å². The van der Waals surface area contributed by atoms with Crippen molar-refractivity contribution >= 4 is 33.7 Å². The molecule has 2 rings (SSSR count). The van der Waals surface area contributed by atoms with Gasteiger partial charge in [-0.1, -0.05) is 30.3 Å². The van der Waals surface area contributed by atoms with E-state index >= 15 is 0 Å². The first kappa shape index (κ1) is 17.9. The number of benzene rings is 2. The smallest absolute Gasteiger partial charge is 0.412 e. The van der Waals surface area contributed by atoms with Gasteiger partial charge in [-0.3, -0.25) is 5.32 Å². The highest BCUT2D eigenvalue weighted by Gasteiger charge is 2.24. The van der Waals surface area contributed by atoms with Gasteiger partial charge in [0.2, 0.25) is 0 Å². The molecule has 1 amide bonds. The second-order valence-corrected chi connectivity index (χ2v) is 5.38. The minimum absolute atomic E-state index is 0.0514. The molecule has 24 heavy (non-hydrogen) atoms. The van der Waals surface area contributed by atoms with Crippen molar-refractivity contribution < 1.29 is 27.8 Å². The molecular formula is C16H12BrF2NO4. The predicted molar refractivity (Wildman–Crippen MR) is 85.6 cm³/mol. The molecule has 5 nitrogen and oxygen atoms in total. The van der Waals surface area contributed by atoms with Gasteiger partial charge in [0.1, 0.15) is 12.4 Å². The lowest BCUT2D eigenvalue weighted by molar-refractivity contribution is 0.0601. The maximum absolute atomic E-state index is 14.2. The van der Waals surface area contributed by atoms with E-state index in [1.165, 1.54) is 0 Å². The van der Waals surface area contributed by atoms with Gasteiger partial charge in [0, 0.05) is 0 Å². The predicted octanol–water partition coefficient (Wildman–Crippen LogP) is 4.26. The summed E-state index contributed by atoms with van der Waals surface area (Å²) in [6.07, 6.45) is -0.999. The number of nitrogens with one attached hydrogen (secondary N) is 1. The number of carbonyl (C=O) groups excluding carboxylic acids is 2. The monoisotopic (exact) mass is 399 g/mol. The van der Waals surface area contributed by atoms with Crippen LogP contribution in [0.25, 0.3) is 0 Å². The van der Waals surface area contributed by atoms with Crippen LogP contribution >= 0.6 is 15.9 Å². The molecule has 2 aromatic carbocycles. The molecule has 0 aromatic heterocycles. The number of methoxy groups -OCH3 is 1. The Morgan fingerprint density at radius 3 is 2.50 bits per heavy atom. The van der Waals surface area contributed by atoms with Crippen LogP contribution in [0.5, 0.6) is 0 Å². The first-order chi connectivity index (χ1) is 11.4. The van der Waals surface area contributed by atoms with Crippen molar-refractivity contribution in [3.8, 4) is 0 Å². The first-order valence-electron chi connectivity index (χ1n) is 6.67. The molecular weight excluding hydrogens is 388 g/mol. The molecule has 1 N–H and O–H groups in total. The van der Waals surface area contributed by atoms with Gasteiger partial charge in [0.15, 0.2) is 5.82 Å². The number of anilines is 1. The molecule has 0 saturated heterocycles. The van der Waals surface area contributed by atoms with E-state index in [0.717, 1.165) is 18.7 Å². The lowest BCUT2D eigenvalue weighted by atomic mass is 10.1. The first-order valence-corrected chi connectivity index (χ1v) is 7.46. The zero-order chi connectivity index (χ0) is 17.7. The average Bonchev–Trinajstić information content (AvgIpc) is 2.60. The van der Waals surface area contributed by atoms with Crippen LogP contribution in [0.3, 0.4) is 0 Å². The molecule has 0 bridgehead atoms. The highest BCUT2D eigenvalue weighted by molar-refractivity contribution is 9.10. The van der Waals surface area contributed by atoms with Crippen molar-refractivity contribution in [2.75, 3.05) is 12.4 Å². The molecule has 0 radical (unpaired) electrons. The second kappa shape index (κ2) is 7.87. The maximum atomic E-state index is 14.2. The Kier molecular flexibility index (Phi) is 5.86. The topological polar surface area (TPSA) is 64.6 Å². The van der Waals surface area contributed by atoms with E-state index in [1.54, 1.807) is 30.3 Å². The number of hydrogen-bond donors (Lipinski definition) is 1. The number of esters is 1. The van der Waals surface area contributed by atoms with Gasteiger partial charge in [-0.25, -0.2) is 18.4 Å². The molecule has 126 valence electrons. The largest absolute Gasteiger partial charge is 0.465 e. The number of amides is 1. The number of hydrogen-bond acceptors (Lipinski definition) is 4. The molecule has 2 aromatic rings. The normalized spacial score (nSPS) is 10.2. The van der Waals surface area contributed by atoms with E-state index in [1.807, 2.05) is 0 Å². The van der Waals surface area contributed by atoms with Gasteiger partial charge in [0.05, 0.1) is 22.8 Å². The Bertz CT molecular complexity index is 768. The summed E-state index contributed by atoms with van der Waals surface area (Å²) in [5.41, 5.74) is -0.276. The van der Waals surface area contributed by atoms with Crippen molar-refractivity contribution in [2.45, 2.75) is 6.61 Å². The van der Waals surface area contributed by atoms with Gasteiger partial charge in [0.25, 0.3) is 0 Å². The van der Waals surface area contributed by atoms with E-state index < -0.39 is 39.4 Å². The molecule has 0 aliphatic carbocycles. The average molecular weight is 400 g/mol. The third kappa shape index (κ3) is 4.08. The van der Waals surface area contributed by atoms with Crippen LogP contribution in [0.1, 0.15) is 15.9 Å². The fraction of sp³-hybridized carbons (Fsp3) is 0.125. The minimum Gasteiger partial charge on any atom is -0.465 e. The lowest BCUT2D eigenvalue weighted by Crippen LogP contribution is -2.18. The van der Waals surface area contributed by atoms with E-state index in [0.29, 0.717) is 0 Å². The lowest BCUT2D eigenvalue weighted by Gasteiger charge is -2.13. The SMILES string of the molecule is COC(=O)c1cc(F)c(Br)c(F)c1NC(=O)OCc1ccccc1. The fourth-order valence-electron chi connectivity index (χ4n) is 1.85. The summed E-state index contributed by atoms with van der Waals surface area (Å²) < 4.78 is 36.6. The summed E-state index contributed by atoms with van der Waals surface area (Å²) in [5.74, 6) is -3.15. The summed E-state index contributed by atoms with van der Waals surface area (Å²) in [5, 5.41) is 2.10. The molecule has 8 heteroatoms. The van der Waals surface area contributed by atoms with Gasteiger partial charge < -0.3 is 9.47 Å². The third-order valence-corrected chi connectivity index (χ3v) is 3.73. The van der Waals surface area contributed by atoms with E-state index in [9.17, 15) is 18.4 Å². The molecule has 0 spiro atoms. The van der Waals surface area contributed by atoms with Crippen LogP contribution in [0.2, 0.25) is 0 Å². The standard InChI is InChI=1S/C16H12BrF2NO4/c1-23-15(21)10-7-11(18)12(17)13(19)14(10)20-16(22)24-8-9-5-3-2-4-6-9/h2-7H,8H2,1H3,(H,20,22). The van der Waals surface area contributed by atoms with Crippen LogP contribution in [-0.2, 0) is 16.1 Å². The zero-order valence-corrected chi connectivity index (χ0v) is 14.0. The van der Waals surface area contributed by atoms with Crippen LogP contribution in [0, 0.1) is 11.6 Å². The second-order valence-electron chi connectivity index (χ2n) is 4.59. The van der Waals surface area contributed by atoms with Crippen molar-refractivity contribution in [1.29, 1.82) is 0 Å². The van der Waals surface area contributed by atoms with E-state index in [4.69, 9.17) is 4.74 Å². The van der Waals surface area contributed by atoms with Gasteiger partial charge in [-0.05, 0) is 27.6 Å². The molecule has 0 aliphatic heterocycles. The van der Waals surface area contributed by atoms with Crippen molar-refractivity contribution in [3.05, 3.63) is 63.6 Å². The third-order valence-electron chi connectivity index (χ3n) is 3.01. The van der Waals surface area contributed by atoms with Crippen LogP contribution in [-0.4, -0.2) is 19.2 Å². The summed E-state index contributed by atoms with van der Waals surface area (Å²) in [4.78, 5) is 23.5. The van der Waals surface area contributed by atoms with Crippen LogP contribution in [0.4, 0.5) is 19.3 Å². The fourth-order valence-corrected chi connectivity index (χ4v) is 2.16. The Morgan fingerprint density at radius 2 is 1.88 bits per heavy atom. The summed E-state index contributed by atoms with van der Waals surface area (Å²) in [7, 11) is 1.05. The summed E-state index contributed by atoms with van der Waals surface area (Å²) >= 11 is 2.71. The van der Waals surface area contributed by atoms with Gasteiger partial charge in [-0.2, -0.15) is 0 Å². The Morgan fingerprint density at radius 1 is 1.21 bits per heavy atom. The Balaban J connectivity index is 2.20. The molecule has 0 atom stereocenters. The summed E-state index contributed by atoms with van der Waals surface area (Å²) in [6.45, 7) is -0.0514. The molecule has 0 heterocycles. The molecule has 0 aliphatic rings. The quantitative estimate of drug-likeness (QED) is 0.615. The summed E-state index contributed by atoms with van der Waals surface area (Å²) in [6, 6.07) is 9.57. The number of halogens is 3. The molecule has 0 fully saturated rings. The molecule has 0 unspecified atom stereocenters. The molecule has 0 saturated carbocycles. The van der Waals surface area contributed by atoms with Gasteiger partial charge in [-0.15, -0.1) is 0 Å². The minimum atomic E-state index is -1.15. The van der Waals surface area contributed by atoms with Crippen molar-refractivity contribution in [2.24, 2.45) is 0 Å². The van der Waals surface area contributed by atoms with E-state index in [-0.39, 0.29) is 6.61 Å². The number of rotatable bonds is 4. The highest BCUT2D eigenvalue weighted by Crippen LogP contribution is 2.30. The van der Waals surface area contributed by atoms with Crippen molar-refractivity contribution in [1.82, 2.24) is 0 Å². The van der Waals surface area contributed by atoms with E-state index in [2.05, 4.69) is 26.0 Å². The zero-order valence-electron chi connectivity index (χ0n) is 12.4. The van der Waals surface area contributed by atoms with Gasteiger partial charge >= 0.3 is 12.1 Å². The van der Waals surface area contributed by atoms with Crippen molar-refractivity contribution in [3.63, 3.8) is 0 Å². The van der Waals surface area contributed by atoms with Crippen LogP contribution in [0.15, 0.2) is 40.9 Å². The maximum Gasteiger partial charge on any atom is 0.412 e. The Hall–Kier alpha value is -2.48. The number of ether oxygens (including phenoxy) is 2.